The van der Waals surface area contributed by atoms with Gasteiger partial charge in [-0.3, -0.25) is 0 Å². The molecule has 0 unspecified atom stereocenters. The van der Waals surface area contributed by atoms with E-state index in [1.165, 1.54) is 5.56 Å². The largest absolute Gasteiger partial charge is 0.545 e. The van der Waals surface area contributed by atoms with Gasteiger partial charge in [0.2, 0.25) is 0 Å². The summed E-state index contributed by atoms with van der Waals surface area (Å²) < 4.78 is 0. The molecule has 0 fully saturated rings. The van der Waals surface area contributed by atoms with Crippen molar-refractivity contribution in [3.8, 4) is 0 Å². The number of carboxylic acid groups (broad SMARTS) is 1. The highest BCUT2D eigenvalue weighted by atomic mass is 16.4. The van der Waals surface area contributed by atoms with Crippen molar-refractivity contribution in [2.75, 3.05) is 0 Å². The summed E-state index contributed by atoms with van der Waals surface area (Å²) in [6, 6.07) is 17.1. The van der Waals surface area contributed by atoms with Gasteiger partial charge in [-0.05, 0) is 34.8 Å². The number of carboxylic acids is 1. The van der Waals surface area contributed by atoms with Crippen molar-refractivity contribution in [1.82, 2.24) is 4.98 Å². The number of benzene rings is 2. The maximum absolute atomic E-state index is 11.4. The van der Waals surface area contributed by atoms with Crippen LogP contribution >= 0.6 is 0 Å². The first-order chi connectivity index (χ1) is 11.8. The Morgan fingerprint density at radius 2 is 1.68 bits per heavy atom. The minimum Gasteiger partial charge on any atom is -0.545 e. The van der Waals surface area contributed by atoms with Gasteiger partial charge in [-0.25, -0.2) is 4.98 Å². The molecule has 0 aliphatic heterocycles. The van der Waals surface area contributed by atoms with Crippen LogP contribution in [0.3, 0.4) is 0 Å². The zero-order valence-corrected chi connectivity index (χ0v) is 14.6. The number of aromatic carboxylic acids is 1. The summed E-state index contributed by atoms with van der Waals surface area (Å²) >= 11 is 0. The van der Waals surface area contributed by atoms with E-state index >= 15 is 0 Å². The van der Waals surface area contributed by atoms with Gasteiger partial charge in [0.25, 0.3) is 0 Å². The van der Waals surface area contributed by atoms with Gasteiger partial charge in [-0.15, -0.1) is 0 Å². The van der Waals surface area contributed by atoms with Crippen molar-refractivity contribution >= 4 is 29.0 Å². The van der Waals surface area contributed by atoms with Crippen molar-refractivity contribution in [3.05, 3.63) is 77.0 Å². The van der Waals surface area contributed by atoms with E-state index < -0.39 is 5.97 Å². The second-order valence-corrected chi connectivity index (χ2v) is 7.10. The fourth-order valence-electron chi connectivity index (χ4n) is 2.73. The molecular formula is C22H20NO2-. The summed E-state index contributed by atoms with van der Waals surface area (Å²) in [5, 5.41) is 12.0. The molecule has 0 aliphatic rings. The van der Waals surface area contributed by atoms with Crippen LogP contribution in [0.2, 0.25) is 0 Å². The van der Waals surface area contributed by atoms with Crippen LogP contribution in [0.25, 0.3) is 23.1 Å². The molecule has 0 atom stereocenters. The van der Waals surface area contributed by atoms with Crippen LogP contribution in [0.4, 0.5) is 0 Å². The third kappa shape index (κ3) is 3.77. The monoisotopic (exact) mass is 330 g/mol. The summed E-state index contributed by atoms with van der Waals surface area (Å²) in [6.07, 6.45) is 3.76. The molecule has 0 spiro atoms. The summed E-state index contributed by atoms with van der Waals surface area (Å²) in [7, 11) is 0. The average molecular weight is 330 g/mol. The lowest BCUT2D eigenvalue weighted by atomic mass is 9.87. The highest BCUT2D eigenvalue weighted by molar-refractivity contribution is 6.02. The normalized spacial score (nSPS) is 12.0. The molecule has 126 valence electrons. The molecule has 3 rings (SSSR count). The van der Waals surface area contributed by atoms with E-state index in [9.17, 15) is 9.90 Å². The van der Waals surface area contributed by atoms with Gasteiger partial charge in [-0.2, -0.15) is 0 Å². The number of carbonyl (C=O) groups is 1. The molecule has 25 heavy (non-hydrogen) atoms. The van der Waals surface area contributed by atoms with E-state index in [1.807, 2.05) is 18.2 Å². The fraction of sp³-hybridized carbons (Fsp3) is 0.182. The molecule has 1 aromatic heterocycles. The highest BCUT2D eigenvalue weighted by Crippen LogP contribution is 2.23. The van der Waals surface area contributed by atoms with Crippen LogP contribution in [0, 0.1) is 0 Å². The second-order valence-electron chi connectivity index (χ2n) is 7.10. The standard InChI is InChI=1S/C22H21NO2/c1-22(2,3)16-11-8-15(9-12-16)10-13-17-14-19(21(24)25)18-6-4-5-7-20(18)23-17/h4-14H,1-3H3,(H,24,25)/p-1/b13-10+. The number of fused-ring (bicyclic) bond motifs is 1. The molecule has 0 aliphatic carbocycles. The van der Waals surface area contributed by atoms with Gasteiger partial charge in [0.1, 0.15) is 0 Å². The van der Waals surface area contributed by atoms with E-state index in [4.69, 9.17) is 0 Å². The Kier molecular flexibility index (Phi) is 4.41. The maximum Gasteiger partial charge on any atom is 0.0722 e. The van der Waals surface area contributed by atoms with Crippen molar-refractivity contribution in [2.45, 2.75) is 26.2 Å². The van der Waals surface area contributed by atoms with E-state index in [1.54, 1.807) is 24.3 Å². The molecule has 2 aromatic carbocycles. The Bertz CT molecular complexity index is 948. The Morgan fingerprint density at radius 1 is 1.00 bits per heavy atom. The van der Waals surface area contributed by atoms with Gasteiger partial charge in [0.15, 0.2) is 0 Å². The Labute approximate surface area is 147 Å². The number of aromatic nitrogens is 1. The second kappa shape index (κ2) is 6.52. The fourth-order valence-corrected chi connectivity index (χ4v) is 2.73. The summed E-state index contributed by atoms with van der Waals surface area (Å²) in [5.41, 5.74) is 3.83. The predicted molar refractivity (Wildman–Crippen MR) is 100 cm³/mol. The maximum atomic E-state index is 11.4. The Balaban J connectivity index is 1.95. The molecule has 1 heterocycles. The third-order valence-electron chi connectivity index (χ3n) is 4.18. The Hall–Kier alpha value is -2.94. The molecule has 0 saturated heterocycles. The number of pyridine rings is 1. The molecule has 0 bridgehead atoms. The number of nitrogens with zero attached hydrogens (tertiary/aromatic N) is 1. The van der Waals surface area contributed by atoms with Gasteiger partial charge < -0.3 is 9.90 Å². The van der Waals surface area contributed by atoms with Crippen LogP contribution in [0.1, 0.15) is 48.0 Å². The van der Waals surface area contributed by atoms with Crippen molar-refractivity contribution in [1.29, 1.82) is 0 Å². The molecule has 0 N–H and O–H groups in total. The zero-order valence-electron chi connectivity index (χ0n) is 14.6. The molecule has 0 saturated carbocycles. The number of rotatable bonds is 3. The molecular weight excluding hydrogens is 310 g/mol. The van der Waals surface area contributed by atoms with Crippen LogP contribution < -0.4 is 5.11 Å². The van der Waals surface area contributed by atoms with E-state index in [0.717, 1.165) is 5.56 Å². The van der Waals surface area contributed by atoms with Crippen molar-refractivity contribution in [2.24, 2.45) is 0 Å². The average Bonchev–Trinajstić information content (AvgIpc) is 2.58. The molecule has 3 heteroatoms. The number of para-hydroxylation sites is 1. The number of carbonyl (C=O) groups excluding carboxylic acids is 1. The van der Waals surface area contributed by atoms with Crippen LogP contribution in [0.15, 0.2) is 54.6 Å². The topological polar surface area (TPSA) is 53.0 Å². The summed E-state index contributed by atoms with van der Waals surface area (Å²) in [4.78, 5) is 15.9. The van der Waals surface area contributed by atoms with Crippen LogP contribution in [-0.4, -0.2) is 11.0 Å². The zero-order chi connectivity index (χ0) is 18.0. The molecule has 0 amide bonds. The predicted octanol–water partition coefficient (Wildman–Crippen LogP) is 4.07. The van der Waals surface area contributed by atoms with Gasteiger partial charge in [-0.1, -0.05) is 69.3 Å². The van der Waals surface area contributed by atoms with E-state index in [2.05, 4.69) is 50.0 Å². The summed E-state index contributed by atoms with van der Waals surface area (Å²) in [5.74, 6) is -1.19. The minimum absolute atomic E-state index is 0.117. The first-order valence-electron chi connectivity index (χ1n) is 8.24. The minimum atomic E-state index is -1.19. The van der Waals surface area contributed by atoms with Gasteiger partial charge in [0.05, 0.1) is 17.2 Å². The van der Waals surface area contributed by atoms with Gasteiger partial charge in [0, 0.05) is 10.9 Å². The SMILES string of the molecule is CC(C)(C)c1ccc(/C=C/c2cc(C(=O)[O-])c3ccccc3n2)cc1. The Morgan fingerprint density at radius 3 is 2.32 bits per heavy atom. The quantitative estimate of drug-likeness (QED) is 0.727. The van der Waals surface area contributed by atoms with Crippen LogP contribution in [-0.2, 0) is 5.41 Å². The molecule has 0 radical (unpaired) electrons. The molecule has 3 aromatic rings. The lowest BCUT2D eigenvalue weighted by Gasteiger charge is -2.18. The van der Waals surface area contributed by atoms with Gasteiger partial charge >= 0.3 is 0 Å². The van der Waals surface area contributed by atoms with Crippen molar-refractivity contribution < 1.29 is 9.90 Å². The number of hydrogen-bond donors (Lipinski definition) is 0. The van der Waals surface area contributed by atoms with Crippen molar-refractivity contribution in [3.63, 3.8) is 0 Å². The van der Waals surface area contributed by atoms with E-state index in [0.29, 0.717) is 16.6 Å². The first-order valence-corrected chi connectivity index (χ1v) is 8.24. The smallest absolute Gasteiger partial charge is 0.0722 e. The first kappa shape index (κ1) is 16.9. The van der Waals surface area contributed by atoms with Crippen LogP contribution in [0.5, 0.6) is 0 Å². The van der Waals surface area contributed by atoms with E-state index in [-0.39, 0.29) is 11.0 Å². The number of hydrogen-bond acceptors (Lipinski definition) is 3. The summed E-state index contributed by atoms with van der Waals surface area (Å²) in [6.45, 7) is 6.54. The lowest BCUT2D eigenvalue weighted by Crippen LogP contribution is -2.22. The molecule has 3 nitrogen and oxygen atoms in total. The highest BCUT2D eigenvalue weighted by Gasteiger charge is 2.12. The third-order valence-corrected chi connectivity index (χ3v) is 4.18. The lowest BCUT2D eigenvalue weighted by molar-refractivity contribution is -0.254.